The van der Waals surface area contributed by atoms with Crippen molar-refractivity contribution in [2.24, 2.45) is 0 Å². The minimum atomic E-state index is -0.565. The first kappa shape index (κ1) is 15.3. The molecule has 0 aliphatic rings. The zero-order chi connectivity index (χ0) is 15.4. The lowest BCUT2D eigenvalue weighted by molar-refractivity contribution is 0.102. The monoisotopic (exact) mass is 307 g/mol. The van der Waals surface area contributed by atoms with Crippen LogP contribution in [0.4, 0.5) is 15.9 Å². The Labute approximate surface area is 127 Å². The molecule has 0 atom stereocenters. The third-order valence-corrected chi connectivity index (χ3v) is 3.13. The lowest BCUT2D eigenvalue weighted by atomic mass is 10.1. The van der Waals surface area contributed by atoms with Gasteiger partial charge in [-0.25, -0.2) is 9.37 Å². The number of carbonyl (C=O) groups is 1. The number of aryl methyl sites for hydroxylation is 1. The van der Waals surface area contributed by atoms with Crippen molar-refractivity contribution in [3.05, 3.63) is 52.4 Å². The van der Waals surface area contributed by atoms with Gasteiger partial charge in [0.25, 0.3) is 5.91 Å². The molecule has 0 bridgehead atoms. The van der Waals surface area contributed by atoms with Crippen LogP contribution >= 0.6 is 11.6 Å². The van der Waals surface area contributed by atoms with E-state index in [0.717, 1.165) is 17.8 Å². The maximum atomic E-state index is 13.3. The van der Waals surface area contributed by atoms with Gasteiger partial charge in [0.2, 0.25) is 0 Å². The third-order valence-electron chi connectivity index (χ3n) is 2.89. The number of halogens is 2. The summed E-state index contributed by atoms with van der Waals surface area (Å²) in [5.74, 6) is -0.663. The Kier molecular flexibility index (Phi) is 4.75. The number of carbonyl (C=O) groups excluding carboxylic acids is 1. The van der Waals surface area contributed by atoms with Crippen molar-refractivity contribution in [1.29, 1.82) is 0 Å². The van der Waals surface area contributed by atoms with Gasteiger partial charge >= 0.3 is 0 Å². The molecular formula is C15H15ClFN3O. The highest BCUT2D eigenvalue weighted by atomic mass is 35.5. The molecule has 110 valence electrons. The summed E-state index contributed by atoms with van der Waals surface area (Å²) in [5.41, 5.74) is 1.59. The van der Waals surface area contributed by atoms with Crippen LogP contribution in [0.3, 0.4) is 0 Å². The van der Waals surface area contributed by atoms with Crippen LogP contribution in [0, 0.1) is 12.7 Å². The minimum Gasteiger partial charge on any atom is -0.370 e. The van der Waals surface area contributed by atoms with Gasteiger partial charge in [0, 0.05) is 17.3 Å². The molecule has 0 radical (unpaired) electrons. The normalized spacial score (nSPS) is 10.3. The number of pyridine rings is 1. The second-order valence-corrected chi connectivity index (χ2v) is 4.93. The molecule has 1 amide bonds. The first-order valence-electron chi connectivity index (χ1n) is 6.48. The van der Waals surface area contributed by atoms with Gasteiger partial charge in [-0.05, 0) is 37.6 Å². The van der Waals surface area contributed by atoms with E-state index >= 15 is 0 Å². The summed E-state index contributed by atoms with van der Waals surface area (Å²) >= 11 is 5.92. The Hall–Kier alpha value is -2.14. The lowest BCUT2D eigenvalue weighted by Crippen LogP contribution is -2.16. The predicted octanol–water partition coefficient (Wildman–Crippen LogP) is 3.87. The molecule has 0 aliphatic carbocycles. The van der Waals surface area contributed by atoms with Crippen molar-refractivity contribution in [2.75, 3.05) is 17.2 Å². The van der Waals surface area contributed by atoms with E-state index in [1.807, 2.05) is 13.8 Å². The van der Waals surface area contributed by atoms with Crippen LogP contribution in [-0.4, -0.2) is 17.4 Å². The highest BCUT2D eigenvalue weighted by molar-refractivity contribution is 6.31. The van der Waals surface area contributed by atoms with Crippen LogP contribution in [0.15, 0.2) is 30.5 Å². The van der Waals surface area contributed by atoms with Gasteiger partial charge < -0.3 is 10.6 Å². The average Bonchev–Trinajstić information content (AvgIpc) is 2.45. The van der Waals surface area contributed by atoms with Crippen molar-refractivity contribution in [2.45, 2.75) is 13.8 Å². The average molecular weight is 308 g/mol. The van der Waals surface area contributed by atoms with E-state index < -0.39 is 11.7 Å². The fraction of sp³-hybridized carbons (Fsp3) is 0.200. The fourth-order valence-electron chi connectivity index (χ4n) is 1.84. The molecule has 2 N–H and O–H groups in total. The molecule has 21 heavy (non-hydrogen) atoms. The van der Waals surface area contributed by atoms with Gasteiger partial charge in [0.1, 0.15) is 11.6 Å². The first-order valence-corrected chi connectivity index (χ1v) is 6.86. The largest absolute Gasteiger partial charge is 0.370 e. The molecule has 0 saturated heterocycles. The molecule has 1 aromatic heterocycles. The standard InChI is InChI=1S/C15H15ClFN3O/c1-3-18-14-12(7-11(17)8-19-14)15(21)20-13-6-10(16)5-4-9(13)2/h4-8H,3H2,1-2H3,(H,18,19)(H,20,21). The quantitative estimate of drug-likeness (QED) is 0.901. The molecule has 0 aliphatic heterocycles. The van der Waals surface area contributed by atoms with Gasteiger partial charge in [-0.1, -0.05) is 17.7 Å². The molecular weight excluding hydrogens is 293 g/mol. The van der Waals surface area contributed by atoms with Crippen LogP contribution in [0.2, 0.25) is 5.02 Å². The van der Waals surface area contributed by atoms with Gasteiger partial charge in [-0.3, -0.25) is 4.79 Å². The summed E-state index contributed by atoms with van der Waals surface area (Å²) < 4.78 is 13.3. The van der Waals surface area contributed by atoms with Crippen molar-refractivity contribution < 1.29 is 9.18 Å². The lowest BCUT2D eigenvalue weighted by Gasteiger charge is -2.12. The summed E-state index contributed by atoms with van der Waals surface area (Å²) in [6.07, 6.45) is 1.07. The van der Waals surface area contributed by atoms with E-state index in [1.54, 1.807) is 18.2 Å². The van der Waals surface area contributed by atoms with Crippen molar-refractivity contribution in [1.82, 2.24) is 4.98 Å². The van der Waals surface area contributed by atoms with Crippen LogP contribution in [0.5, 0.6) is 0 Å². The predicted molar refractivity (Wildman–Crippen MR) is 82.5 cm³/mol. The van der Waals surface area contributed by atoms with Crippen LogP contribution in [0.1, 0.15) is 22.8 Å². The SMILES string of the molecule is CCNc1ncc(F)cc1C(=O)Nc1cc(Cl)ccc1C. The maximum absolute atomic E-state index is 13.3. The molecule has 1 aromatic carbocycles. The zero-order valence-electron chi connectivity index (χ0n) is 11.7. The molecule has 4 nitrogen and oxygen atoms in total. The highest BCUT2D eigenvalue weighted by Crippen LogP contribution is 2.22. The van der Waals surface area contributed by atoms with Crippen molar-refractivity contribution in [3.8, 4) is 0 Å². The topological polar surface area (TPSA) is 54.0 Å². The van der Waals surface area contributed by atoms with Crippen LogP contribution < -0.4 is 10.6 Å². The van der Waals surface area contributed by atoms with E-state index in [1.165, 1.54) is 0 Å². The highest BCUT2D eigenvalue weighted by Gasteiger charge is 2.15. The first-order chi connectivity index (χ1) is 10.0. The summed E-state index contributed by atoms with van der Waals surface area (Å²) in [4.78, 5) is 16.2. The van der Waals surface area contributed by atoms with E-state index in [-0.39, 0.29) is 5.56 Å². The van der Waals surface area contributed by atoms with E-state index in [9.17, 15) is 9.18 Å². The second kappa shape index (κ2) is 6.54. The molecule has 2 rings (SSSR count). The summed E-state index contributed by atoms with van der Waals surface area (Å²) in [6.45, 7) is 4.30. The summed E-state index contributed by atoms with van der Waals surface area (Å²) in [7, 11) is 0. The van der Waals surface area contributed by atoms with Gasteiger partial charge in [-0.2, -0.15) is 0 Å². The molecule has 0 unspecified atom stereocenters. The van der Waals surface area contributed by atoms with Gasteiger partial charge in [-0.15, -0.1) is 0 Å². The van der Waals surface area contributed by atoms with Crippen molar-refractivity contribution >= 4 is 29.0 Å². The Morgan fingerprint density at radius 3 is 2.86 bits per heavy atom. The Morgan fingerprint density at radius 1 is 1.38 bits per heavy atom. The smallest absolute Gasteiger partial charge is 0.259 e. The number of amides is 1. The Morgan fingerprint density at radius 2 is 2.14 bits per heavy atom. The summed E-state index contributed by atoms with van der Waals surface area (Å²) in [5, 5.41) is 6.17. The number of nitrogens with zero attached hydrogens (tertiary/aromatic N) is 1. The molecule has 6 heteroatoms. The number of rotatable bonds is 4. The number of nitrogens with one attached hydrogen (secondary N) is 2. The molecule has 0 fully saturated rings. The molecule has 0 spiro atoms. The number of hydrogen-bond acceptors (Lipinski definition) is 3. The maximum Gasteiger partial charge on any atom is 0.259 e. The molecule has 2 aromatic rings. The summed E-state index contributed by atoms with van der Waals surface area (Å²) in [6, 6.07) is 6.34. The zero-order valence-corrected chi connectivity index (χ0v) is 12.5. The Balaban J connectivity index is 2.31. The Bertz CT molecular complexity index is 676. The minimum absolute atomic E-state index is 0.149. The third kappa shape index (κ3) is 3.70. The van der Waals surface area contributed by atoms with E-state index in [0.29, 0.717) is 23.1 Å². The van der Waals surface area contributed by atoms with Crippen molar-refractivity contribution in [3.63, 3.8) is 0 Å². The van der Waals surface area contributed by atoms with Gasteiger partial charge in [0.15, 0.2) is 0 Å². The molecule has 1 heterocycles. The number of benzene rings is 1. The van der Waals surface area contributed by atoms with Gasteiger partial charge in [0.05, 0.1) is 11.8 Å². The number of anilines is 2. The van der Waals surface area contributed by atoms with Crippen LogP contribution in [0.25, 0.3) is 0 Å². The molecule has 0 saturated carbocycles. The number of hydrogen-bond donors (Lipinski definition) is 2. The fourth-order valence-corrected chi connectivity index (χ4v) is 2.01. The van der Waals surface area contributed by atoms with E-state index in [4.69, 9.17) is 11.6 Å². The van der Waals surface area contributed by atoms with E-state index in [2.05, 4.69) is 15.6 Å². The van der Waals surface area contributed by atoms with Crippen LogP contribution in [-0.2, 0) is 0 Å². The second-order valence-electron chi connectivity index (χ2n) is 4.49. The number of aromatic nitrogens is 1.